The lowest BCUT2D eigenvalue weighted by molar-refractivity contribution is -0.0625. The van der Waals surface area contributed by atoms with Crippen LogP contribution >= 0.6 is 0 Å². The number of hydrogen-bond acceptors (Lipinski definition) is 4. The standard InChI is InChI=1S/C16H19N3O2/c1-11-9-19(10-12(8-17)21-11)16(20)14-6-7-18-15-5-3-2-4-13(14)15/h2-7,11-12H,8-10,17H2,1H3. The molecule has 2 N–H and O–H groups in total. The second kappa shape index (κ2) is 5.79. The fraction of sp³-hybridized carbons (Fsp3) is 0.375. The van der Waals surface area contributed by atoms with Crippen molar-refractivity contribution in [2.45, 2.75) is 19.1 Å². The van der Waals surface area contributed by atoms with Crippen molar-refractivity contribution in [2.75, 3.05) is 19.6 Å². The maximum Gasteiger partial charge on any atom is 0.254 e. The predicted molar refractivity (Wildman–Crippen MR) is 81.0 cm³/mol. The minimum Gasteiger partial charge on any atom is -0.370 e. The number of pyridine rings is 1. The fourth-order valence-corrected chi connectivity index (χ4v) is 2.79. The molecule has 0 radical (unpaired) electrons. The van der Waals surface area contributed by atoms with Gasteiger partial charge in [0.25, 0.3) is 5.91 Å². The van der Waals surface area contributed by atoms with Crippen LogP contribution in [0.4, 0.5) is 0 Å². The number of ether oxygens (including phenoxy) is 1. The third kappa shape index (κ3) is 2.75. The number of fused-ring (bicyclic) bond motifs is 1. The highest BCUT2D eigenvalue weighted by atomic mass is 16.5. The zero-order valence-electron chi connectivity index (χ0n) is 12.0. The zero-order chi connectivity index (χ0) is 14.8. The number of nitrogens with zero attached hydrogens (tertiary/aromatic N) is 2. The van der Waals surface area contributed by atoms with Crippen LogP contribution in [0.5, 0.6) is 0 Å². The molecule has 0 bridgehead atoms. The lowest BCUT2D eigenvalue weighted by atomic mass is 10.1. The second-order valence-corrected chi connectivity index (χ2v) is 5.39. The fourth-order valence-electron chi connectivity index (χ4n) is 2.79. The molecular formula is C16H19N3O2. The van der Waals surface area contributed by atoms with Gasteiger partial charge in [0.2, 0.25) is 0 Å². The number of morpholine rings is 1. The Morgan fingerprint density at radius 1 is 1.38 bits per heavy atom. The van der Waals surface area contributed by atoms with Crippen molar-refractivity contribution in [3.63, 3.8) is 0 Å². The zero-order valence-corrected chi connectivity index (χ0v) is 12.0. The van der Waals surface area contributed by atoms with Gasteiger partial charge in [-0.05, 0) is 19.1 Å². The predicted octanol–water partition coefficient (Wildman–Crippen LogP) is 1.42. The Bertz CT molecular complexity index is 654. The molecule has 1 aromatic carbocycles. The summed E-state index contributed by atoms with van der Waals surface area (Å²) < 4.78 is 5.71. The highest BCUT2D eigenvalue weighted by Gasteiger charge is 2.28. The van der Waals surface area contributed by atoms with Gasteiger partial charge in [-0.25, -0.2) is 0 Å². The van der Waals surface area contributed by atoms with Crippen LogP contribution in [0.15, 0.2) is 36.5 Å². The SMILES string of the molecule is CC1CN(C(=O)c2ccnc3ccccc23)CC(CN)O1. The lowest BCUT2D eigenvalue weighted by Crippen LogP contribution is -2.51. The van der Waals surface area contributed by atoms with E-state index in [-0.39, 0.29) is 18.1 Å². The summed E-state index contributed by atoms with van der Waals surface area (Å²) in [6.45, 7) is 3.51. The van der Waals surface area contributed by atoms with Crippen molar-refractivity contribution in [2.24, 2.45) is 5.73 Å². The van der Waals surface area contributed by atoms with E-state index in [1.165, 1.54) is 0 Å². The van der Waals surface area contributed by atoms with Crippen molar-refractivity contribution in [1.82, 2.24) is 9.88 Å². The molecule has 2 unspecified atom stereocenters. The molecule has 1 aliphatic heterocycles. The van der Waals surface area contributed by atoms with Gasteiger partial charge in [0.1, 0.15) is 0 Å². The number of carbonyl (C=O) groups is 1. The highest BCUT2D eigenvalue weighted by molar-refractivity contribution is 6.06. The molecule has 1 aliphatic rings. The number of benzene rings is 1. The minimum absolute atomic E-state index is 0.00403. The van der Waals surface area contributed by atoms with Crippen molar-refractivity contribution >= 4 is 16.8 Å². The van der Waals surface area contributed by atoms with Crippen LogP contribution in [0, 0.1) is 0 Å². The molecule has 110 valence electrons. The van der Waals surface area contributed by atoms with Gasteiger partial charge in [0, 0.05) is 31.2 Å². The van der Waals surface area contributed by atoms with Gasteiger partial charge in [-0.1, -0.05) is 18.2 Å². The van der Waals surface area contributed by atoms with Crippen molar-refractivity contribution in [1.29, 1.82) is 0 Å². The molecule has 2 aromatic rings. The first kappa shape index (κ1) is 14.0. The van der Waals surface area contributed by atoms with E-state index >= 15 is 0 Å². The molecule has 5 nitrogen and oxygen atoms in total. The monoisotopic (exact) mass is 285 g/mol. The third-order valence-electron chi connectivity index (χ3n) is 3.76. The van der Waals surface area contributed by atoms with Crippen molar-refractivity contribution in [3.05, 3.63) is 42.1 Å². The quantitative estimate of drug-likeness (QED) is 0.906. The van der Waals surface area contributed by atoms with E-state index in [1.807, 2.05) is 36.1 Å². The summed E-state index contributed by atoms with van der Waals surface area (Å²) in [7, 11) is 0. The molecule has 5 heteroatoms. The maximum absolute atomic E-state index is 12.8. The molecule has 21 heavy (non-hydrogen) atoms. The van der Waals surface area contributed by atoms with Crippen molar-refractivity contribution in [3.8, 4) is 0 Å². The number of aromatic nitrogens is 1. The average molecular weight is 285 g/mol. The molecule has 1 saturated heterocycles. The van der Waals surface area contributed by atoms with Crippen LogP contribution in [-0.4, -0.2) is 47.6 Å². The number of amides is 1. The Morgan fingerprint density at radius 3 is 3.00 bits per heavy atom. The molecule has 1 amide bonds. The Labute approximate surface area is 123 Å². The summed E-state index contributed by atoms with van der Waals surface area (Å²) in [5, 5.41) is 0.883. The van der Waals surface area contributed by atoms with Crippen molar-refractivity contribution < 1.29 is 9.53 Å². The van der Waals surface area contributed by atoms with E-state index < -0.39 is 0 Å². The van der Waals surface area contributed by atoms with Crippen LogP contribution in [0.2, 0.25) is 0 Å². The Morgan fingerprint density at radius 2 is 2.19 bits per heavy atom. The maximum atomic E-state index is 12.8. The van der Waals surface area contributed by atoms with Gasteiger partial charge >= 0.3 is 0 Å². The van der Waals surface area contributed by atoms with Gasteiger partial charge < -0.3 is 15.4 Å². The number of carbonyl (C=O) groups excluding carboxylic acids is 1. The minimum atomic E-state index is -0.0919. The highest BCUT2D eigenvalue weighted by Crippen LogP contribution is 2.20. The van der Waals surface area contributed by atoms with Gasteiger partial charge in [-0.15, -0.1) is 0 Å². The smallest absolute Gasteiger partial charge is 0.254 e. The Hall–Kier alpha value is -1.98. The molecular weight excluding hydrogens is 266 g/mol. The molecule has 2 heterocycles. The molecule has 1 aromatic heterocycles. The van der Waals surface area contributed by atoms with Crippen LogP contribution in [0.3, 0.4) is 0 Å². The molecule has 0 saturated carbocycles. The summed E-state index contributed by atoms with van der Waals surface area (Å²) in [5.41, 5.74) is 7.20. The summed E-state index contributed by atoms with van der Waals surface area (Å²) >= 11 is 0. The van der Waals surface area contributed by atoms with E-state index in [0.717, 1.165) is 10.9 Å². The Balaban J connectivity index is 1.93. The first-order chi connectivity index (χ1) is 10.2. The summed E-state index contributed by atoms with van der Waals surface area (Å²) in [6, 6.07) is 9.47. The molecule has 2 atom stereocenters. The summed E-state index contributed by atoms with van der Waals surface area (Å²) in [6.07, 6.45) is 1.59. The molecule has 3 rings (SSSR count). The number of para-hydroxylation sites is 1. The van der Waals surface area contributed by atoms with Gasteiger partial charge in [0.15, 0.2) is 0 Å². The average Bonchev–Trinajstić information content (AvgIpc) is 2.53. The van der Waals surface area contributed by atoms with Crippen LogP contribution in [0.25, 0.3) is 10.9 Å². The van der Waals surface area contributed by atoms with Gasteiger partial charge in [-0.2, -0.15) is 0 Å². The number of nitrogens with two attached hydrogens (primary N) is 1. The first-order valence-corrected chi connectivity index (χ1v) is 7.17. The van der Waals surface area contributed by atoms with E-state index in [1.54, 1.807) is 12.3 Å². The largest absolute Gasteiger partial charge is 0.370 e. The Kier molecular flexibility index (Phi) is 3.86. The van der Waals surface area contributed by atoms with E-state index in [2.05, 4.69) is 4.98 Å². The lowest BCUT2D eigenvalue weighted by Gasteiger charge is -2.36. The second-order valence-electron chi connectivity index (χ2n) is 5.39. The number of hydrogen-bond donors (Lipinski definition) is 1. The van der Waals surface area contributed by atoms with E-state index in [0.29, 0.717) is 25.2 Å². The van der Waals surface area contributed by atoms with Crippen LogP contribution in [-0.2, 0) is 4.74 Å². The topological polar surface area (TPSA) is 68.5 Å². The molecule has 1 fully saturated rings. The normalized spacial score (nSPS) is 22.5. The van der Waals surface area contributed by atoms with Gasteiger partial charge in [-0.3, -0.25) is 9.78 Å². The third-order valence-corrected chi connectivity index (χ3v) is 3.76. The van der Waals surface area contributed by atoms with Crippen LogP contribution in [0.1, 0.15) is 17.3 Å². The summed E-state index contributed by atoms with van der Waals surface area (Å²) in [4.78, 5) is 18.9. The summed E-state index contributed by atoms with van der Waals surface area (Å²) in [5.74, 6) is 0.0159. The number of rotatable bonds is 2. The molecule has 0 spiro atoms. The first-order valence-electron chi connectivity index (χ1n) is 7.17. The van der Waals surface area contributed by atoms with Gasteiger partial charge in [0.05, 0.1) is 23.3 Å². The van der Waals surface area contributed by atoms with E-state index in [4.69, 9.17) is 10.5 Å². The molecule has 0 aliphatic carbocycles. The van der Waals surface area contributed by atoms with Crippen LogP contribution < -0.4 is 5.73 Å². The van der Waals surface area contributed by atoms with E-state index in [9.17, 15) is 4.79 Å².